The van der Waals surface area contributed by atoms with Crippen molar-refractivity contribution in [2.24, 2.45) is 0 Å². The maximum Gasteiger partial charge on any atom is 0.261 e. The van der Waals surface area contributed by atoms with Crippen molar-refractivity contribution in [2.75, 3.05) is 6.61 Å². The fraction of sp³-hybridized carbons (Fsp3) is 0.355. The zero-order valence-electron chi connectivity index (χ0n) is 22.0. The summed E-state index contributed by atoms with van der Waals surface area (Å²) >= 11 is 0. The van der Waals surface area contributed by atoms with Gasteiger partial charge in [-0.25, -0.2) is 0 Å². The van der Waals surface area contributed by atoms with Crippen molar-refractivity contribution in [1.29, 1.82) is 0 Å². The molecule has 0 aliphatic carbocycles. The highest BCUT2D eigenvalue weighted by atomic mass is 16.5. The number of amides is 2. The molecule has 5 nitrogen and oxygen atoms in total. The van der Waals surface area contributed by atoms with Crippen LogP contribution in [0.2, 0.25) is 0 Å². The van der Waals surface area contributed by atoms with Crippen LogP contribution in [-0.4, -0.2) is 35.4 Å². The molecule has 0 heterocycles. The molecule has 0 saturated carbocycles. The molecular formula is C31H38N2O3. The van der Waals surface area contributed by atoms with E-state index in [1.54, 1.807) is 4.90 Å². The van der Waals surface area contributed by atoms with Crippen molar-refractivity contribution in [3.05, 3.63) is 101 Å². The lowest BCUT2D eigenvalue weighted by Gasteiger charge is -2.32. The van der Waals surface area contributed by atoms with Crippen LogP contribution in [-0.2, 0) is 22.6 Å². The van der Waals surface area contributed by atoms with Crippen LogP contribution in [0, 0.1) is 6.92 Å². The fourth-order valence-corrected chi connectivity index (χ4v) is 4.00. The molecule has 0 bridgehead atoms. The van der Waals surface area contributed by atoms with Crippen molar-refractivity contribution < 1.29 is 14.3 Å². The Morgan fingerprint density at radius 2 is 1.47 bits per heavy atom. The average Bonchev–Trinajstić information content (AvgIpc) is 2.86. The number of hydrogen-bond acceptors (Lipinski definition) is 3. The summed E-state index contributed by atoms with van der Waals surface area (Å²) in [7, 11) is 0. The summed E-state index contributed by atoms with van der Waals surface area (Å²) in [6, 6.07) is 24.9. The van der Waals surface area contributed by atoms with E-state index in [0.717, 1.165) is 16.7 Å². The molecule has 0 aliphatic heterocycles. The summed E-state index contributed by atoms with van der Waals surface area (Å²) in [4.78, 5) is 28.6. The molecule has 3 aromatic carbocycles. The van der Waals surface area contributed by atoms with Gasteiger partial charge in [0.1, 0.15) is 11.8 Å². The van der Waals surface area contributed by atoms with E-state index in [1.165, 1.54) is 5.56 Å². The summed E-state index contributed by atoms with van der Waals surface area (Å²) in [5.41, 5.74) is 4.31. The molecule has 1 atom stereocenters. The van der Waals surface area contributed by atoms with E-state index in [2.05, 4.69) is 19.2 Å². The Balaban J connectivity index is 1.87. The number of ether oxygens (including phenoxy) is 1. The second kappa shape index (κ2) is 12.9. The molecule has 1 N–H and O–H groups in total. The zero-order chi connectivity index (χ0) is 26.1. The Hall–Kier alpha value is -3.60. The smallest absolute Gasteiger partial charge is 0.261 e. The Morgan fingerprint density at radius 3 is 2.06 bits per heavy atom. The molecule has 0 unspecified atom stereocenters. The Labute approximate surface area is 215 Å². The highest BCUT2D eigenvalue weighted by Crippen LogP contribution is 2.20. The molecule has 190 valence electrons. The lowest BCUT2D eigenvalue weighted by Crippen LogP contribution is -2.52. The van der Waals surface area contributed by atoms with Crippen LogP contribution in [0.25, 0.3) is 0 Å². The molecule has 0 aliphatic rings. The standard InChI is InChI=1S/C31H38N2O3/c1-22(2)27-15-17-28(18-16-27)36-21-30(34)33(20-26-13-11-24(5)12-14-26)29(31(35)32-23(3)4)19-25-9-7-6-8-10-25/h6-18,22-23,29H,19-21H2,1-5H3,(H,32,35)/t29-/m0/s1. The van der Waals surface area contributed by atoms with E-state index in [9.17, 15) is 9.59 Å². The molecule has 0 saturated heterocycles. The first-order chi connectivity index (χ1) is 17.2. The summed E-state index contributed by atoms with van der Waals surface area (Å²) in [6.07, 6.45) is 0.417. The number of rotatable bonds is 11. The van der Waals surface area contributed by atoms with Crippen LogP contribution in [0.5, 0.6) is 5.75 Å². The molecule has 3 aromatic rings. The topological polar surface area (TPSA) is 58.6 Å². The van der Waals surface area contributed by atoms with E-state index in [0.29, 0.717) is 24.6 Å². The first-order valence-electron chi connectivity index (χ1n) is 12.6. The lowest BCUT2D eigenvalue weighted by atomic mass is 10.0. The number of carbonyl (C=O) groups is 2. The lowest BCUT2D eigenvalue weighted by molar-refractivity contribution is -0.143. The molecule has 0 fully saturated rings. The molecular weight excluding hydrogens is 448 g/mol. The number of aryl methyl sites for hydroxylation is 1. The Morgan fingerprint density at radius 1 is 0.833 bits per heavy atom. The van der Waals surface area contributed by atoms with E-state index in [1.807, 2.05) is 99.6 Å². The van der Waals surface area contributed by atoms with E-state index in [-0.39, 0.29) is 24.5 Å². The highest BCUT2D eigenvalue weighted by molar-refractivity contribution is 5.88. The van der Waals surface area contributed by atoms with Crippen LogP contribution >= 0.6 is 0 Å². The van der Waals surface area contributed by atoms with E-state index < -0.39 is 6.04 Å². The number of carbonyl (C=O) groups excluding carboxylic acids is 2. The average molecular weight is 487 g/mol. The monoisotopic (exact) mass is 486 g/mol. The predicted molar refractivity (Wildman–Crippen MR) is 145 cm³/mol. The highest BCUT2D eigenvalue weighted by Gasteiger charge is 2.31. The summed E-state index contributed by atoms with van der Waals surface area (Å²) in [5.74, 6) is 0.650. The van der Waals surface area contributed by atoms with Crippen molar-refractivity contribution in [2.45, 2.75) is 65.6 Å². The largest absolute Gasteiger partial charge is 0.484 e. The normalized spacial score (nSPS) is 11.9. The number of nitrogens with one attached hydrogen (secondary N) is 1. The number of hydrogen-bond donors (Lipinski definition) is 1. The maximum absolute atomic E-state index is 13.6. The van der Waals surface area contributed by atoms with Crippen molar-refractivity contribution in [3.8, 4) is 5.75 Å². The van der Waals surface area contributed by atoms with Crippen molar-refractivity contribution in [1.82, 2.24) is 10.2 Å². The first-order valence-corrected chi connectivity index (χ1v) is 12.6. The van der Waals surface area contributed by atoms with Gasteiger partial charge in [0.05, 0.1) is 0 Å². The second-order valence-electron chi connectivity index (χ2n) is 9.89. The second-order valence-corrected chi connectivity index (χ2v) is 9.89. The quantitative estimate of drug-likeness (QED) is 0.380. The molecule has 0 aromatic heterocycles. The summed E-state index contributed by atoms with van der Waals surface area (Å²) in [5, 5.41) is 3.01. The first kappa shape index (κ1) is 27.0. The molecule has 0 spiro atoms. The molecule has 2 amide bonds. The fourth-order valence-electron chi connectivity index (χ4n) is 4.00. The minimum absolute atomic E-state index is 0.0391. The summed E-state index contributed by atoms with van der Waals surface area (Å²) in [6.45, 7) is 10.3. The van der Waals surface area contributed by atoms with Crippen LogP contribution in [0.15, 0.2) is 78.9 Å². The van der Waals surface area contributed by atoms with Gasteiger partial charge in [0.2, 0.25) is 5.91 Å². The van der Waals surface area contributed by atoms with Gasteiger partial charge >= 0.3 is 0 Å². The third-order valence-electron chi connectivity index (χ3n) is 6.08. The zero-order valence-corrected chi connectivity index (χ0v) is 22.0. The van der Waals surface area contributed by atoms with Gasteiger partial charge in [-0.15, -0.1) is 0 Å². The number of benzene rings is 3. The van der Waals surface area contributed by atoms with Crippen LogP contribution < -0.4 is 10.1 Å². The minimum Gasteiger partial charge on any atom is -0.484 e. The summed E-state index contributed by atoms with van der Waals surface area (Å²) < 4.78 is 5.88. The Bertz CT molecular complexity index is 1110. The van der Waals surface area contributed by atoms with Gasteiger partial charge in [-0.05, 0) is 55.5 Å². The number of nitrogens with zero attached hydrogens (tertiary/aromatic N) is 1. The molecule has 5 heteroatoms. The van der Waals surface area contributed by atoms with Gasteiger partial charge in [-0.3, -0.25) is 9.59 Å². The Kier molecular flexibility index (Phi) is 9.69. The van der Waals surface area contributed by atoms with Crippen LogP contribution in [0.3, 0.4) is 0 Å². The van der Waals surface area contributed by atoms with Crippen molar-refractivity contribution in [3.63, 3.8) is 0 Å². The predicted octanol–water partition coefficient (Wildman–Crippen LogP) is 5.66. The SMILES string of the molecule is Cc1ccc(CN(C(=O)COc2ccc(C(C)C)cc2)[C@@H](Cc2ccccc2)C(=O)NC(C)C)cc1. The van der Waals surface area contributed by atoms with Crippen molar-refractivity contribution >= 4 is 11.8 Å². The van der Waals surface area contributed by atoms with Crippen LogP contribution in [0.1, 0.15) is 55.9 Å². The van der Waals surface area contributed by atoms with Gasteiger partial charge < -0.3 is 15.0 Å². The molecule has 36 heavy (non-hydrogen) atoms. The molecule has 0 radical (unpaired) electrons. The third kappa shape index (κ3) is 7.98. The van der Waals surface area contributed by atoms with Gasteiger partial charge in [-0.2, -0.15) is 0 Å². The third-order valence-corrected chi connectivity index (χ3v) is 6.08. The van der Waals surface area contributed by atoms with Gasteiger partial charge in [0, 0.05) is 19.0 Å². The van der Waals surface area contributed by atoms with Gasteiger partial charge in [-0.1, -0.05) is 86.1 Å². The molecule has 3 rings (SSSR count). The maximum atomic E-state index is 13.6. The van der Waals surface area contributed by atoms with Gasteiger partial charge in [0.15, 0.2) is 6.61 Å². The van der Waals surface area contributed by atoms with Gasteiger partial charge in [0.25, 0.3) is 5.91 Å². The minimum atomic E-state index is -0.671. The van der Waals surface area contributed by atoms with E-state index in [4.69, 9.17) is 4.74 Å². The van der Waals surface area contributed by atoms with E-state index >= 15 is 0 Å². The van der Waals surface area contributed by atoms with Crippen LogP contribution in [0.4, 0.5) is 0 Å².